The fourth-order valence-corrected chi connectivity index (χ4v) is 3.38. The van der Waals surface area contributed by atoms with Gasteiger partial charge in [-0.2, -0.15) is 4.98 Å². The van der Waals surface area contributed by atoms with E-state index in [9.17, 15) is 8.42 Å². The van der Waals surface area contributed by atoms with Crippen LogP contribution in [0.25, 0.3) is 22.8 Å². The highest BCUT2D eigenvalue weighted by molar-refractivity contribution is 7.89. The maximum atomic E-state index is 12.3. The van der Waals surface area contributed by atoms with E-state index in [-0.39, 0.29) is 17.3 Å². The van der Waals surface area contributed by atoms with Gasteiger partial charge in [0.05, 0.1) is 11.5 Å². The second kappa shape index (κ2) is 7.77. The van der Waals surface area contributed by atoms with Crippen molar-refractivity contribution < 1.29 is 17.7 Å². The van der Waals surface area contributed by atoms with Crippen LogP contribution in [0.4, 0.5) is 0 Å². The number of ether oxygens (including phenoxy) is 1. The van der Waals surface area contributed by atoms with E-state index in [1.807, 2.05) is 31.2 Å². The van der Waals surface area contributed by atoms with Crippen molar-refractivity contribution >= 4 is 10.0 Å². The molecular weight excluding hydrogens is 354 g/mol. The van der Waals surface area contributed by atoms with Crippen LogP contribution in [0.5, 0.6) is 0 Å². The number of methoxy groups -OCH3 is 1. The van der Waals surface area contributed by atoms with Gasteiger partial charge >= 0.3 is 0 Å². The summed E-state index contributed by atoms with van der Waals surface area (Å²) in [5.74, 6) is 0.709. The molecule has 0 radical (unpaired) electrons. The lowest BCUT2D eigenvalue weighted by atomic mass is 10.1. The van der Waals surface area contributed by atoms with Crippen molar-refractivity contribution in [3.05, 3.63) is 54.1 Å². The van der Waals surface area contributed by atoms with Crippen LogP contribution >= 0.6 is 0 Å². The fourth-order valence-electron chi connectivity index (χ4n) is 2.32. The molecule has 0 aliphatic carbocycles. The zero-order chi connectivity index (χ0) is 18.6. The quantitative estimate of drug-likeness (QED) is 0.640. The summed E-state index contributed by atoms with van der Waals surface area (Å²) in [5.41, 5.74) is 2.50. The van der Waals surface area contributed by atoms with Crippen LogP contribution in [0, 0.1) is 6.92 Å². The Kier molecular flexibility index (Phi) is 5.46. The summed E-state index contributed by atoms with van der Waals surface area (Å²) in [6, 6.07) is 14.1. The van der Waals surface area contributed by atoms with Crippen molar-refractivity contribution in [3.63, 3.8) is 0 Å². The van der Waals surface area contributed by atoms with Crippen molar-refractivity contribution in [2.24, 2.45) is 0 Å². The van der Waals surface area contributed by atoms with Gasteiger partial charge in [0.2, 0.25) is 15.8 Å². The lowest BCUT2D eigenvalue weighted by Gasteiger charge is -2.06. The molecule has 2 aromatic carbocycles. The topological polar surface area (TPSA) is 94.3 Å². The van der Waals surface area contributed by atoms with Crippen molar-refractivity contribution in [3.8, 4) is 22.8 Å². The van der Waals surface area contributed by atoms with Gasteiger partial charge in [-0.15, -0.1) is 0 Å². The smallest absolute Gasteiger partial charge is 0.258 e. The molecule has 0 amide bonds. The Morgan fingerprint density at radius 3 is 2.62 bits per heavy atom. The minimum Gasteiger partial charge on any atom is -0.383 e. The van der Waals surface area contributed by atoms with Gasteiger partial charge in [-0.25, -0.2) is 13.1 Å². The van der Waals surface area contributed by atoms with Gasteiger partial charge in [0.15, 0.2) is 0 Å². The molecular formula is C18H19N3O4S. The molecule has 1 N–H and O–H groups in total. The van der Waals surface area contributed by atoms with Crippen LogP contribution in [-0.4, -0.2) is 38.8 Å². The molecule has 0 unspecified atom stereocenters. The maximum absolute atomic E-state index is 12.3. The van der Waals surface area contributed by atoms with Crippen molar-refractivity contribution in [1.29, 1.82) is 0 Å². The Balaban J connectivity index is 1.86. The summed E-state index contributed by atoms with van der Waals surface area (Å²) in [4.78, 5) is 4.49. The highest BCUT2D eigenvalue weighted by Gasteiger charge is 2.16. The first kappa shape index (κ1) is 18.2. The van der Waals surface area contributed by atoms with E-state index >= 15 is 0 Å². The Labute approximate surface area is 152 Å². The normalized spacial score (nSPS) is 11.6. The molecule has 8 heteroatoms. The van der Waals surface area contributed by atoms with Crippen molar-refractivity contribution in [2.75, 3.05) is 20.3 Å². The molecule has 7 nitrogen and oxygen atoms in total. The maximum Gasteiger partial charge on any atom is 0.258 e. The minimum atomic E-state index is -3.63. The Hall–Kier alpha value is -2.55. The highest BCUT2D eigenvalue weighted by atomic mass is 32.2. The first-order valence-corrected chi connectivity index (χ1v) is 9.48. The first-order chi connectivity index (χ1) is 12.5. The lowest BCUT2D eigenvalue weighted by molar-refractivity contribution is 0.204. The van der Waals surface area contributed by atoms with Gasteiger partial charge in [-0.05, 0) is 25.1 Å². The molecule has 0 spiro atoms. The SMILES string of the molecule is COCCNS(=O)(=O)c1cccc(-c2nc(-c3ccc(C)cc3)no2)c1. The largest absolute Gasteiger partial charge is 0.383 e. The number of aryl methyl sites for hydroxylation is 1. The van der Waals surface area contributed by atoms with E-state index in [1.165, 1.54) is 19.2 Å². The number of hydrogen-bond donors (Lipinski definition) is 1. The van der Waals surface area contributed by atoms with Gasteiger partial charge in [-0.3, -0.25) is 0 Å². The predicted octanol–water partition coefficient (Wildman–Crippen LogP) is 2.64. The molecule has 0 bridgehead atoms. The van der Waals surface area contributed by atoms with Crippen molar-refractivity contribution in [1.82, 2.24) is 14.9 Å². The van der Waals surface area contributed by atoms with Crippen LogP contribution in [0.15, 0.2) is 57.9 Å². The summed E-state index contributed by atoms with van der Waals surface area (Å²) in [7, 11) is -2.12. The molecule has 1 aromatic heterocycles. The zero-order valence-corrected chi connectivity index (χ0v) is 15.3. The molecule has 0 saturated carbocycles. The highest BCUT2D eigenvalue weighted by Crippen LogP contribution is 2.24. The van der Waals surface area contributed by atoms with Gasteiger partial charge in [-0.1, -0.05) is 41.1 Å². The standard InChI is InChI=1S/C18H19N3O4S/c1-13-6-8-14(9-7-13)17-20-18(25-21-17)15-4-3-5-16(12-15)26(22,23)19-10-11-24-2/h3-9,12,19H,10-11H2,1-2H3. The Morgan fingerprint density at radius 1 is 1.12 bits per heavy atom. The Morgan fingerprint density at radius 2 is 1.88 bits per heavy atom. The average Bonchev–Trinajstić information content (AvgIpc) is 3.13. The van der Waals surface area contributed by atoms with Crippen molar-refractivity contribution in [2.45, 2.75) is 11.8 Å². The second-order valence-electron chi connectivity index (χ2n) is 5.71. The fraction of sp³-hybridized carbons (Fsp3) is 0.222. The van der Waals surface area contributed by atoms with E-state index in [0.29, 0.717) is 18.0 Å². The number of sulfonamides is 1. The summed E-state index contributed by atoms with van der Waals surface area (Å²) < 4.78 is 37.3. The van der Waals surface area contributed by atoms with E-state index in [4.69, 9.17) is 9.26 Å². The predicted molar refractivity (Wildman–Crippen MR) is 97.0 cm³/mol. The van der Waals surface area contributed by atoms with E-state index in [2.05, 4.69) is 14.9 Å². The number of hydrogen-bond acceptors (Lipinski definition) is 6. The van der Waals surface area contributed by atoms with Crippen LogP contribution < -0.4 is 4.72 Å². The van der Waals surface area contributed by atoms with Crippen LogP contribution in [0.3, 0.4) is 0 Å². The molecule has 3 rings (SSSR count). The third-order valence-electron chi connectivity index (χ3n) is 3.73. The summed E-state index contributed by atoms with van der Waals surface area (Å²) in [6.45, 7) is 2.49. The number of benzene rings is 2. The van der Waals surface area contributed by atoms with E-state index < -0.39 is 10.0 Å². The van der Waals surface area contributed by atoms with Gasteiger partial charge < -0.3 is 9.26 Å². The number of aromatic nitrogens is 2. The van der Waals surface area contributed by atoms with Gasteiger partial charge in [0.1, 0.15) is 0 Å². The van der Waals surface area contributed by atoms with Gasteiger partial charge in [0.25, 0.3) is 5.89 Å². The molecule has 1 heterocycles. The molecule has 3 aromatic rings. The second-order valence-corrected chi connectivity index (χ2v) is 7.47. The third kappa shape index (κ3) is 4.16. The Bertz CT molecular complexity index is 982. The molecule has 0 aliphatic rings. The summed E-state index contributed by atoms with van der Waals surface area (Å²) in [6.07, 6.45) is 0. The molecule has 136 valence electrons. The summed E-state index contributed by atoms with van der Waals surface area (Å²) in [5, 5.41) is 3.98. The molecule has 0 fully saturated rings. The van der Waals surface area contributed by atoms with Gasteiger partial charge in [0, 0.05) is 24.8 Å². The minimum absolute atomic E-state index is 0.126. The molecule has 26 heavy (non-hydrogen) atoms. The molecule has 0 saturated heterocycles. The summed E-state index contributed by atoms with van der Waals surface area (Å²) >= 11 is 0. The van der Waals surface area contributed by atoms with E-state index in [1.54, 1.807) is 12.1 Å². The molecule has 0 atom stereocenters. The number of nitrogens with one attached hydrogen (secondary N) is 1. The number of rotatable bonds is 7. The average molecular weight is 373 g/mol. The van der Waals surface area contributed by atoms with E-state index in [0.717, 1.165) is 11.1 Å². The van der Waals surface area contributed by atoms with Crippen LogP contribution in [0.2, 0.25) is 0 Å². The molecule has 0 aliphatic heterocycles. The number of nitrogens with zero attached hydrogens (tertiary/aromatic N) is 2. The van der Waals surface area contributed by atoms with Crippen LogP contribution in [0.1, 0.15) is 5.56 Å². The first-order valence-electron chi connectivity index (χ1n) is 7.99. The van der Waals surface area contributed by atoms with Crippen LogP contribution in [-0.2, 0) is 14.8 Å². The monoisotopic (exact) mass is 373 g/mol. The zero-order valence-electron chi connectivity index (χ0n) is 14.5. The third-order valence-corrected chi connectivity index (χ3v) is 5.18. The lowest BCUT2D eigenvalue weighted by Crippen LogP contribution is -2.27.